The first kappa shape index (κ1) is 18.5. The Morgan fingerprint density at radius 2 is 1.69 bits per heavy atom. The van der Waals surface area contributed by atoms with E-state index in [1.807, 2.05) is 43.3 Å². The molecule has 0 aliphatic carbocycles. The monoisotopic (exact) mass is 388 g/mol. The van der Waals surface area contributed by atoms with Gasteiger partial charge in [0.1, 0.15) is 11.5 Å². The van der Waals surface area contributed by atoms with Crippen molar-refractivity contribution in [2.24, 2.45) is 0 Å². The van der Waals surface area contributed by atoms with Crippen LogP contribution in [0, 0.1) is 6.92 Å². The number of anilines is 1. The number of pyridine rings is 1. The quantitative estimate of drug-likeness (QED) is 0.559. The number of aryl methyl sites for hydroxylation is 1. The standard InChI is InChI=1S/C22H20N4O3/c1-14-20-11-16(13-23-21(20)26(25-14)17-7-5-4-6-8-17)24-22(27)15-9-18(28-2)12-19(10-15)29-3/h4-13H,1-3H3,(H,24,27). The molecule has 4 aromatic rings. The van der Waals surface area contributed by atoms with E-state index in [4.69, 9.17) is 9.47 Å². The number of nitrogens with zero attached hydrogens (tertiary/aromatic N) is 3. The minimum atomic E-state index is -0.281. The number of hydrogen-bond donors (Lipinski definition) is 1. The van der Waals surface area contributed by atoms with Crippen molar-refractivity contribution in [3.05, 3.63) is 72.1 Å². The van der Waals surface area contributed by atoms with Crippen LogP contribution in [0.1, 0.15) is 16.1 Å². The van der Waals surface area contributed by atoms with Crippen molar-refractivity contribution in [1.82, 2.24) is 14.8 Å². The minimum absolute atomic E-state index is 0.281. The second-order valence-electron chi connectivity index (χ2n) is 6.48. The summed E-state index contributed by atoms with van der Waals surface area (Å²) in [5.41, 5.74) is 3.50. The van der Waals surface area contributed by atoms with Crippen molar-refractivity contribution in [1.29, 1.82) is 0 Å². The molecule has 146 valence electrons. The Bertz CT molecular complexity index is 1160. The van der Waals surface area contributed by atoms with Crippen LogP contribution in [0.5, 0.6) is 11.5 Å². The van der Waals surface area contributed by atoms with Gasteiger partial charge in [0.15, 0.2) is 5.65 Å². The second kappa shape index (κ2) is 7.63. The van der Waals surface area contributed by atoms with E-state index < -0.39 is 0 Å². The number of para-hydroxylation sites is 1. The third-order valence-corrected chi connectivity index (χ3v) is 4.58. The Hall–Kier alpha value is -3.87. The lowest BCUT2D eigenvalue weighted by molar-refractivity contribution is 0.102. The number of methoxy groups -OCH3 is 2. The van der Waals surface area contributed by atoms with E-state index in [9.17, 15) is 4.79 Å². The van der Waals surface area contributed by atoms with E-state index in [2.05, 4.69) is 15.4 Å². The molecule has 7 heteroatoms. The fraction of sp³-hybridized carbons (Fsp3) is 0.136. The maximum absolute atomic E-state index is 12.7. The molecule has 7 nitrogen and oxygen atoms in total. The normalized spacial score (nSPS) is 10.7. The number of benzene rings is 2. The summed E-state index contributed by atoms with van der Waals surface area (Å²) in [7, 11) is 3.09. The van der Waals surface area contributed by atoms with Gasteiger partial charge in [-0.2, -0.15) is 5.10 Å². The number of ether oxygens (including phenoxy) is 2. The molecule has 1 N–H and O–H groups in total. The van der Waals surface area contributed by atoms with Gasteiger partial charge in [0.2, 0.25) is 0 Å². The predicted molar refractivity (Wildman–Crippen MR) is 111 cm³/mol. The Morgan fingerprint density at radius 1 is 1.00 bits per heavy atom. The average molecular weight is 388 g/mol. The zero-order valence-corrected chi connectivity index (χ0v) is 16.3. The minimum Gasteiger partial charge on any atom is -0.497 e. The fourth-order valence-corrected chi connectivity index (χ4v) is 3.10. The second-order valence-corrected chi connectivity index (χ2v) is 6.48. The number of aromatic nitrogens is 3. The van der Waals surface area contributed by atoms with Crippen LogP contribution in [0.25, 0.3) is 16.7 Å². The fourth-order valence-electron chi connectivity index (χ4n) is 3.10. The lowest BCUT2D eigenvalue weighted by Gasteiger charge is -2.09. The number of carbonyl (C=O) groups is 1. The average Bonchev–Trinajstić information content (AvgIpc) is 3.10. The van der Waals surface area contributed by atoms with Crippen molar-refractivity contribution < 1.29 is 14.3 Å². The maximum Gasteiger partial charge on any atom is 0.255 e. The summed E-state index contributed by atoms with van der Waals surface area (Å²) in [5, 5.41) is 8.34. The van der Waals surface area contributed by atoms with E-state index in [1.165, 1.54) is 0 Å². The first-order valence-electron chi connectivity index (χ1n) is 9.04. The van der Waals surface area contributed by atoms with Crippen molar-refractivity contribution in [2.75, 3.05) is 19.5 Å². The molecule has 1 amide bonds. The third kappa shape index (κ3) is 3.62. The Balaban J connectivity index is 1.66. The summed E-state index contributed by atoms with van der Waals surface area (Å²) >= 11 is 0. The van der Waals surface area contributed by atoms with Crippen molar-refractivity contribution in [3.8, 4) is 17.2 Å². The Labute approximate surface area is 167 Å². The van der Waals surface area contributed by atoms with Gasteiger partial charge in [0.25, 0.3) is 5.91 Å². The van der Waals surface area contributed by atoms with Gasteiger partial charge in [-0.05, 0) is 37.3 Å². The maximum atomic E-state index is 12.7. The van der Waals surface area contributed by atoms with E-state index in [0.29, 0.717) is 22.7 Å². The molecule has 2 heterocycles. The highest BCUT2D eigenvalue weighted by Crippen LogP contribution is 2.25. The lowest BCUT2D eigenvalue weighted by Crippen LogP contribution is -2.12. The summed E-state index contributed by atoms with van der Waals surface area (Å²) in [6, 6.07) is 16.7. The van der Waals surface area contributed by atoms with Gasteiger partial charge in [0, 0.05) is 17.0 Å². The third-order valence-electron chi connectivity index (χ3n) is 4.58. The molecule has 0 unspecified atom stereocenters. The van der Waals surface area contributed by atoms with Crippen molar-refractivity contribution in [2.45, 2.75) is 6.92 Å². The summed E-state index contributed by atoms with van der Waals surface area (Å²) in [6.07, 6.45) is 1.62. The van der Waals surface area contributed by atoms with Gasteiger partial charge >= 0.3 is 0 Å². The van der Waals surface area contributed by atoms with Gasteiger partial charge in [-0.3, -0.25) is 4.79 Å². The van der Waals surface area contributed by atoms with Gasteiger partial charge in [-0.15, -0.1) is 0 Å². The summed E-state index contributed by atoms with van der Waals surface area (Å²) in [5.74, 6) is 0.808. The SMILES string of the molecule is COc1cc(OC)cc(C(=O)Nc2cnc3c(c2)c(C)nn3-c2ccccc2)c1. The molecular formula is C22H20N4O3. The number of nitrogens with one attached hydrogen (secondary N) is 1. The van der Waals surface area contributed by atoms with E-state index >= 15 is 0 Å². The summed E-state index contributed by atoms with van der Waals surface area (Å²) in [4.78, 5) is 17.3. The molecule has 2 aromatic carbocycles. The van der Waals surface area contributed by atoms with Crippen LogP contribution >= 0.6 is 0 Å². The topological polar surface area (TPSA) is 78.3 Å². The van der Waals surface area contributed by atoms with Crippen LogP contribution in [0.15, 0.2) is 60.8 Å². The molecule has 0 spiro atoms. The molecule has 0 aliphatic heterocycles. The highest BCUT2D eigenvalue weighted by Gasteiger charge is 2.14. The number of hydrogen-bond acceptors (Lipinski definition) is 5. The molecule has 4 rings (SSSR count). The first-order valence-corrected chi connectivity index (χ1v) is 9.04. The number of amides is 1. The zero-order chi connectivity index (χ0) is 20.4. The smallest absolute Gasteiger partial charge is 0.255 e. The molecule has 0 fully saturated rings. The zero-order valence-electron chi connectivity index (χ0n) is 16.3. The van der Waals surface area contributed by atoms with Gasteiger partial charge in [-0.25, -0.2) is 9.67 Å². The van der Waals surface area contributed by atoms with Crippen molar-refractivity contribution in [3.63, 3.8) is 0 Å². The summed E-state index contributed by atoms with van der Waals surface area (Å²) < 4.78 is 12.3. The summed E-state index contributed by atoms with van der Waals surface area (Å²) in [6.45, 7) is 1.92. The Morgan fingerprint density at radius 3 is 2.34 bits per heavy atom. The largest absolute Gasteiger partial charge is 0.497 e. The first-order chi connectivity index (χ1) is 14.1. The van der Waals surface area contributed by atoms with Crippen LogP contribution in [-0.2, 0) is 0 Å². The van der Waals surface area contributed by atoms with Gasteiger partial charge in [0.05, 0.1) is 37.5 Å². The van der Waals surface area contributed by atoms with E-state index in [0.717, 1.165) is 22.4 Å². The number of carbonyl (C=O) groups excluding carboxylic acids is 1. The van der Waals surface area contributed by atoms with E-state index in [1.54, 1.807) is 43.3 Å². The molecular weight excluding hydrogens is 368 g/mol. The van der Waals surface area contributed by atoms with E-state index in [-0.39, 0.29) is 5.91 Å². The molecule has 29 heavy (non-hydrogen) atoms. The molecule has 2 aromatic heterocycles. The number of fused-ring (bicyclic) bond motifs is 1. The van der Waals surface area contributed by atoms with Crippen LogP contribution in [0.2, 0.25) is 0 Å². The van der Waals surface area contributed by atoms with Crippen LogP contribution in [0.3, 0.4) is 0 Å². The van der Waals surface area contributed by atoms with Crippen LogP contribution in [-0.4, -0.2) is 34.9 Å². The molecule has 0 atom stereocenters. The Kier molecular flexibility index (Phi) is 4.87. The highest BCUT2D eigenvalue weighted by atomic mass is 16.5. The van der Waals surface area contributed by atoms with Gasteiger partial charge < -0.3 is 14.8 Å². The van der Waals surface area contributed by atoms with Crippen molar-refractivity contribution >= 4 is 22.6 Å². The highest BCUT2D eigenvalue weighted by molar-refractivity contribution is 6.05. The number of rotatable bonds is 5. The molecule has 0 saturated heterocycles. The predicted octanol–water partition coefficient (Wildman–Crippen LogP) is 4.00. The lowest BCUT2D eigenvalue weighted by atomic mass is 10.1. The van der Waals surface area contributed by atoms with Crippen LogP contribution < -0.4 is 14.8 Å². The molecule has 0 radical (unpaired) electrons. The molecule has 0 saturated carbocycles. The molecule has 0 bridgehead atoms. The van der Waals surface area contributed by atoms with Crippen LogP contribution in [0.4, 0.5) is 5.69 Å². The molecule has 0 aliphatic rings. The van der Waals surface area contributed by atoms with Gasteiger partial charge in [-0.1, -0.05) is 18.2 Å².